The van der Waals surface area contributed by atoms with Crippen molar-refractivity contribution in [3.05, 3.63) is 113 Å². The van der Waals surface area contributed by atoms with Crippen molar-refractivity contribution in [1.82, 2.24) is 15.2 Å². The number of benzene rings is 2. The van der Waals surface area contributed by atoms with Crippen molar-refractivity contribution in [2.75, 3.05) is 11.9 Å². The van der Waals surface area contributed by atoms with Gasteiger partial charge in [0.15, 0.2) is 0 Å². The van der Waals surface area contributed by atoms with Crippen LogP contribution in [-0.4, -0.2) is 35.1 Å². The van der Waals surface area contributed by atoms with E-state index >= 15 is 0 Å². The van der Waals surface area contributed by atoms with Gasteiger partial charge in [0, 0.05) is 31.1 Å². The Kier molecular flexibility index (Phi) is 9.88. The highest BCUT2D eigenvalue weighted by molar-refractivity contribution is 5.85. The molecule has 1 fully saturated rings. The molecule has 208 valence electrons. The first-order valence-corrected chi connectivity index (χ1v) is 13.4. The highest BCUT2D eigenvalue weighted by Crippen LogP contribution is 2.19. The van der Waals surface area contributed by atoms with E-state index in [9.17, 15) is 19.2 Å². The quantitative estimate of drug-likeness (QED) is 0.317. The molecule has 3 N–H and O–H groups in total. The largest absolute Gasteiger partial charge is 0.444 e. The number of rotatable bonds is 11. The van der Waals surface area contributed by atoms with Gasteiger partial charge in [0.1, 0.15) is 18.3 Å². The minimum atomic E-state index is -0.901. The molecule has 0 unspecified atom stereocenters. The molecule has 2 aromatic carbocycles. The molecule has 3 amide bonds. The van der Waals surface area contributed by atoms with Crippen LogP contribution in [0.1, 0.15) is 36.9 Å². The normalized spacial score (nSPS) is 16.2. The van der Waals surface area contributed by atoms with Crippen molar-refractivity contribution >= 4 is 23.6 Å². The van der Waals surface area contributed by atoms with Gasteiger partial charge in [-0.25, -0.2) is 4.79 Å². The van der Waals surface area contributed by atoms with Crippen molar-refractivity contribution in [3.63, 3.8) is 0 Å². The minimum absolute atomic E-state index is 0.000876. The highest BCUT2D eigenvalue weighted by Gasteiger charge is 2.29. The molecule has 3 atom stereocenters. The number of carbonyl (C=O) groups excluding carboxylic acids is 3. The number of aromatic nitrogens is 1. The number of pyridine rings is 1. The summed E-state index contributed by atoms with van der Waals surface area (Å²) < 4.78 is 6.59. The summed E-state index contributed by atoms with van der Waals surface area (Å²) in [5, 5.41) is 8.38. The van der Waals surface area contributed by atoms with E-state index in [-0.39, 0.29) is 42.5 Å². The smallest absolute Gasteiger partial charge is 0.412 e. The summed E-state index contributed by atoms with van der Waals surface area (Å²) >= 11 is 0. The maximum atomic E-state index is 13.7. The van der Waals surface area contributed by atoms with E-state index in [1.807, 2.05) is 79.7 Å². The molecule has 0 saturated carbocycles. The van der Waals surface area contributed by atoms with Crippen LogP contribution < -0.4 is 21.5 Å². The molecule has 2 heterocycles. The molecular weight excluding hydrogens is 508 g/mol. The lowest BCUT2D eigenvalue weighted by Crippen LogP contribution is -2.43. The first-order valence-electron chi connectivity index (χ1n) is 13.4. The second-order valence-corrected chi connectivity index (χ2v) is 9.68. The number of hydrogen-bond donors (Lipinski definition) is 3. The van der Waals surface area contributed by atoms with Gasteiger partial charge in [-0.2, -0.15) is 0 Å². The fourth-order valence-electron chi connectivity index (χ4n) is 4.75. The number of carbonyl (C=O) groups is 3. The SMILES string of the molecule is C/C=C/[C@H](C[C@H]1CCNC1=O)NC(=O)[C@H](Cc1ccccc1)n1cccc(NC(=O)OCc2ccccc2)c1=O. The van der Waals surface area contributed by atoms with E-state index in [0.717, 1.165) is 11.1 Å². The lowest BCUT2D eigenvalue weighted by atomic mass is 9.97. The highest BCUT2D eigenvalue weighted by atomic mass is 16.5. The molecule has 9 heteroatoms. The van der Waals surface area contributed by atoms with E-state index in [1.54, 1.807) is 6.07 Å². The van der Waals surface area contributed by atoms with Crippen LogP contribution in [0.15, 0.2) is 95.9 Å². The third kappa shape index (κ3) is 7.69. The van der Waals surface area contributed by atoms with Crippen LogP contribution in [0.2, 0.25) is 0 Å². The van der Waals surface area contributed by atoms with Gasteiger partial charge in [0.25, 0.3) is 5.56 Å². The molecule has 1 saturated heterocycles. The predicted octanol–water partition coefficient (Wildman–Crippen LogP) is 3.97. The Bertz CT molecular complexity index is 1390. The Hall–Kier alpha value is -4.66. The van der Waals surface area contributed by atoms with Gasteiger partial charge in [0.05, 0.1) is 0 Å². The third-order valence-corrected chi connectivity index (χ3v) is 6.79. The summed E-state index contributed by atoms with van der Waals surface area (Å²) in [5.74, 6) is -0.568. The second-order valence-electron chi connectivity index (χ2n) is 9.68. The first kappa shape index (κ1) is 28.4. The zero-order valence-corrected chi connectivity index (χ0v) is 22.4. The maximum Gasteiger partial charge on any atom is 0.412 e. The van der Waals surface area contributed by atoms with Crippen LogP contribution in [0, 0.1) is 5.92 Å². The zero-order chi connectivity index (χ0) is 28.3. The molecule has 0 aliphatic carbocycles. The number of anilines is 1. The minimum Gasteiger partial charge on any atom is -0.444 e. The molecule has 4 rings (SSSR count). The lowest BCUT2D eigenvalue weighted by molar-refractivity contribution is -0.126. The van der Waals surface area contributed by atoms with Crippen molar-refractivity contribution < 1.29 is 19.1 Å². The van der Waals surface area contributed by atoms with Crippen LogP contribution in [0.4, 0.5) is 10.5 Å². The predicted molar refractivity (Wildman–Crippen MR) is 153 cm³/mol. The van der Waals surface area contributed by atoms with E-state index in [2.05, 4.69) is 16.0 Å². The van der Waals surface area contributed by atoms with Gasteiger partial charge in [-0.15, -0.1) is 0 Å². The van der Waals surface area contributed by atoms with Crippen molar-refractivity contribution in [2.24, 2.45) is 5.92 Å². The Labute approximate surface area is 233 Å². The number of nitrogens with one attached hydrogen (secondary N) is 3. The fourth-order valence-corrected chi connectivity index (χ4v) is 4.75. The standard InChI is InChI=1S/C31H34N4O5/c1-2-10-25(20-24-16-17-32-28(24)36)33-29(37)27(19-22-11-5-3-6-12-22)35-18-9-15-26(30(35)38)34-31(39)40-21-23-13-7-4-8-14-23/h2-15,18,24-25,27H,16-17,19-21H2,1H3,(H,32,36)(H,33,37)(H,34,39)/b10-2+/t24-,25-,27+/m1/s1. The maximum absolute atomic E-state index is 13.7. The van der Waals surface area contributed by atoms with Crippen molar-refractivity contribution in [1.29, 1.82) is 0 Å². The summed E-state index contributed by atoms with van der Waals surface area (Å²) in [7, 11) is 0. The van der Waals surface area contributed by atoms with Crippen LogP contribution in [0.3, 0.4) is 0 Å². The molecule has 40 heavy (non-hydrogen) atoms. The summed E-state index contributed by atoms with van der Waals surface area (Å²) in [6, 6.07) is 20.4. The van der Waals surface area contributed by atoms with Gasteiger partial charge in [-0.3, -0.25) is 19.7 Å². The summed E-state index contributed by atoms with van der Waals surface area (Å²) in [5.41, 5.74) is 1.15. The van der Waals surface area contributed by atoms with Gasteiger partial charge < -0.3 is 19.9 Å². The number of allylic oxidation sites excluding steroid dienone is 1. The molecule has 1 aliphatic heterocycles. The average Bonchev–Trinajstić information content (AvgIpc) is 3.37. The van der Waals surface area contributed by atoms with Gasteiger partial charge in [-0.1, -0.05) is 72.8 Å². The zero-order valence-electron chi connectivity index (χ0n) is 22.4. The topological polar surface area (TPSA) is 119 Å². The van der Waals surface area contributed by atoms with E-state index in [1.165, 1.54) is 16.8 Å². The Morgan fingerprint density at radius 3 is 2.38 bits per heavy atom. The molecule has 9 nitrogen and oxygen atoms in total. The number of ether oxygens (including phenoxy) is 1. The molecule has 0 spiro atoms. The molecule has 0 radical (unpaired) electrons. The Balaban J connectivity index is 1.54. The van der Waals surface area contributed by atoms with Crippen LogP contribution in [0.5, 0.6) is 0 Å². The van der Waals surface area contributed by atoms with E-state index in [4.69, 9.17) is 4.74 Å². The lowest BCUT2D eigenvalue weighted by Gasteiger charge is -2.24. The van der Waals surface area contributed by atoms with Crippen LogP contribution in [0.25, 0.3) is 0 Å². The number of hydrogen-bond acceptors (Lipinski definition) is 5. The average molecular weight is 543 g/mol. The molecule has 0 bridgehead atoms. The molecule has 1 aliphatic rings. The van der Waals surface area contributed by atoms with Crippen LogP contribution >= 0.6 is 0 Å². The van der Waals surface area contributed by atoms with Gasteiger partial charge in [0.2, 0.25) is 11.8 Å². The Morgan fingerprint density at radius 1 is 1.02 bits per heavy atom. The molecule has 3 aromatic rings. The third-order valence-electron chi connectivity index (χ3n) is 6.79. The van der Waals surface area contributed by atoms with Gasteiger partial charge in [-0.05, 0) is 43.0 Å². The van der Waals surface area contributed by atoms with Crippen molar-refractivity contribution in [3.8, 4) is 0 Å². The molecule has 1 aromatic heterocycles. The second kappa shape index (κ2) is 13.9. The number of amides is 3. The summed E-state index contributed by atoms with van der Waals surface area (Å²) in [4.78, 5) is 51.8. The van der Waals surface area contributed by atoms with Crippen LogP contribution in [-0.2, 0) is 27.4 Å². The van der Waals surface area contributed by atoms with Crippen molar-refractivity contribution in [2.45, 2.75) is 44.9 Å². The van der Waals surface area contributed by atoms with E-state index < -0.39 is 17.7 Å². The Morgan fingerprint density at radius 2 is 1.73 bits per heavy atom. The first-order chi connectivity index (χ1) is 19.4. The number of nitrogens with zero attached hydrogens (tertiary/aromatic N) is 1. The monoisotopic (exact) mass is 542 g/mol. The van der Waals surface area contributed by atoms with E-state index in [0.29, 0.717) is 19.4 Å². The summed E-state index contributed by atoms with van der Waals surface area (Å²) in [6.07, 6.45) is 5.87. The van der Waals surface area contributed by atoms with Gasteiger partial charge >= 0.3 is 6.09 Å². The summed E-state index contributed by atoms with van der Waals surface area (Å²) in [6.45, 7) is 2.53. The fraction of sp³-hybridized carbons (Fsp3) is 0.290. The molecular formula is C31H34N4O5.